The molecule has 0 radical (unpaired) electrons. The smallest absolute Gasteiger partial charge is 0.148 e. The fourth-order valence-corrected chi connectivity index (χ4v) is 1.77. The maximum Gasteiger partial charge on any atom is 0.148 e. The van der Waals surface area contributed by atoms with Crippen LogP contribution >= 0.6 is 0 Å². The van der Waals surface area contributed by atoms with Crippen molar-refractivity contribution in [1.29, 1.82) is 0 Å². The van der Waals surface area contributed by atoms with Crippen LogP contribution in [0.3, 0.4) is 0 Å². The predicted molar refractivity (Wildman–Crippen MR) is 72.6 cm³/mol. The zero-order valence-electron chi connectivity index (χ0n) is 11.2. The van der Waals surface area contributed by atoms with Crippen LogP contribution in [-0.4, -0.2) is 36.9 Å². The molecule has 1 rings (SSSR count). The number of aliphatic hydroxyl groups is 1. The molecule has 0 amide bonds. The molecule has 2 N–H and O–H groups in total. The van der Waals surface area contributed by atoms with Crippen molar-refractivity contribution in [3.8, 4) is 0 Å². The Labute approximate surface area is 104 Å². The first-order valence-corrected chi connectivity index (χ1v) is 5.99. The SMILES string of the molecule is C=NC(C=C(NC)C(C)(C)C)=NC1CC(O)C1. The largest absolute Gasteiger partial charge is 0.393 e. The molecule has 4 heteroatoms. The van der Waals surface area contributed by atoms with E-state index in [0.29, 0.717) is 5.84 Å². The van der Waals surface area contributed by atoms with E-state index in [0.717, 1.165) is 18.5 Å². The lowest BCUT2D eigenvalue weighted by Gasteiger charge is -2.28. The minimum atomic E-state index is -0.190. The molecule has 0 bridgehead atoms. The molecule has 17 heavy (non-hydrogen) atoms. The maximum absolute atomic E-state index is 9.22. The van der Waals surface area contributed by atoms with E-state index in [4.69, 9.17) is 0 Å². The van der Waals surface area contributed by atoms with Gasteiger partial charge in [-0.1, -0.05) is 20.8 Å². The molecule has 96 valence electrons. The number of aliphatic imine (C=N–C) groups is 2. The third-order valence-corrected chi connectivity index (χ3v) is 2.92. The minimum absolute atomic E-state index is 0.0271. The summed E-state index contributed by atoms with van der Waals surface area (Å²) in [5.41, 5.74) is 1.10. The summed E-state index contributed by atoms with van der Waals surface area (Å²) in [4.78, 5) is 8.40. The minimum Gasteiger partial charge on any atom is -0.393 e. The highest BCUT2D eigenvalue weighted by atomic mass is 16.3. The predicted octanol–water partition coefficient (Wildman–Crippen LogP) is 1.76. The first-order chi connectivity index (χ1) is 7.86. The Bertz CT molecular complexity index is 333. The quantitative estimate of drug-likeness (QED) is 0.580. The Balaban J connectivity index is 2.80. The third-order valence-electron chi connectivity index (χ3n) is 2.92. The third kappa shape index (κ3) is 3.97. The van der Waals surface area contributed by atoms with Crippen molar-refractivity contribution in [3.05, 3.63) is 11.8 Å². The molecule has 1 aliphatic carbocycles. The lowest BCUT2D eigenvalue weighted by Crippen LogP contribution is -2.32. The van der Waals surface area contributed by atoms with Gasteiger partial charge in [0.15, 0.2) is 0 Å². The Kier molecular flexibility index (Phi) is 4.46. The van der Waals surface area contributed by atoms with E-state index >= 15 is 0 Å². The molecule has 0 aromatic carbocycles. The Morgan fingerprint density at radius 2 is 2.00 bits per heavy atom. The first-order valence-electron chi connectivity index (χ1n) is 5.99. The molecular formula is C13H23N3O. The average molecular weight is 237 g/mol. The molecule has 0 atom stereocenters. The van der Waals surface area contributed by atoms with Crippen molar-refractivity contribution in [2.75, 3.05) is 7.05 Å². The Morgan fingerprint density at radius 1 is 1.41 bits per heavy atom. The normalized spacial score (nSPS) is 26.4. The summed E-state index contributed by atoms with van der Waals surface area (Å²) in [6, 6.07) is 0.194. The van der Waals surface area contributed by atoms with E-state index in [-0.39, 0.29) is 17.6 Å². The zero-order valence-corrected chi connectivity index (χ0v) is 11.2. The van der Waals surface area contributed by atoms with Crippen LogP contribution in [0.4, 0.5) is 0 Å². The number of nitrogens with zero attached hydrogens (tertiary/aromatic N) is 2. The molecule has 1 fully saturated rings. The van der Waals surface area contributed by atoms with Crippen LogP contribution in [0.25, 0.3) is 0 Å². The van der Waals surface area contributed by atoms with Gasteiger partial charge in [-0.05, 0) is 19.6 Å². The Hall–Kier alpha value is -1.16. The molecule has 0 aromatic heterocycles. The van der Waals surface area contributed by atoms with Gasteiger partial charge in [-0.2, -0.15) is 0 Å². The van der Waals surface area contributed by atoms with Gasteiger partial charge in [-0.3, -0.25) is 4.99 Å². The highest BCUT2D eigenvalue weighted by molar-refractivity contribution is 5.96. The van der Waals surface area contributed by atoms with E-state index < -0.39 is 0 Å². The number of nitrogens with one attached hydrogen (secondary N) is 1. The van der Waals surface area contributed by atoms with Crippen LogP contribution in [0.1, 0.15) is 33.6 Å². The molecule has 0 unspecified atom stereocenters. The van der Waals surface area contributed by atoms with Gasteiger partial charge >= 0.3 is 0 Å². The van der Waals surface area contributed by atoms with Crippen LogP contribution in [0.15, 0.2) is 21.8 Å². The molecule has 0 aromatic rings. The number of rotatable bonds is 3. The molecular weight excluding hydrogens is 214 g/mol. The van der Waals surface area contributed by atoms with Crippen LogP contribution < -0.4 is 5.32 Å². The second kappa shape index (κ2) is 5.45. The first kappa shape index (κ1) is 13.9. The lowest BCUT2D eigenvalue weighted by molar-refractivity contribution is 0.0778. The number of allylic oxidation sites excluding steroid dienone is 1. The van der Waals surface area contributed by atoms with Crippen molar-refractivity contribution in [2.24, 2.45) is 15.4 Å². The highest BCUT2D eigenvalue weighted by Crippen LogP contribution is 2.25. The van der Waals surface area contributed by atoms with E-state index in [2.05, 4.69) is 42.8 Å². The zero-order chi connectivity index (χ0) is 13.1. The number of hydrogen-bond acceptors (Lipinski definition) is 3. The van der Waals surface area contributed by atoms with E-state index in [1.807, 2.05) is 13.1 Å². The fraction of sp³-hybridized carbons (Fsp3) is 0.692. The molecule has 0 spiro atoms. The van der Waals surface area contributed by atoms with Gasteiger partial charge in [0.2, 0.25) is 0 Å². The number of aliphatic hydroxyl groups excluding tert-OH is 1. The summed E-state index contributed by atoms with van der Waals surface area (Å²) < 4.78 is 0. The van der Waals surface area contributed by atoms with Crippen molar-refractivity contribution in [3.63, 3.8) is 0 Å². The second-order valence-corrected chi connectivity index (χ2v) is 5.48. The van der Waals surface area contributed by atoms with Crippen LogP contribution in [0, 0.1) is 5.41 Å². The molecule has 1 saturated carbocycles. The van der Waals surface area contributed by atoms with Gasteiger partial charge in [0, 0.05) is 24.2 Å². The standard InChI is InChI=1S/C13H23N3O/c1-13(2,3)11(14-4)8-12(15-5)16-9-6-10(17)7-9/h8-10,14,17H,5-7H2,1-4H3. The number of amidine groups is 1. The van der Waals surface area contributed by atoms with Crippen molar-refractivity contribution in [2.45, 2.75) is 45.8 Å². The van der Waals surface area contributed by atoms with E-state index in [1.165, 1.54) is 0 Å². The van der Waals surface area contributed by atoms with Crippen molar-refractivity contribution >= 4 is 12.6 Å². The fourth-order valence-electron chi connectivity index (χ4n) is 1.77. The van der Waals surface area contributed by atoms with Gasteiger partial charge in [0.05, 0.1) is 12.1 Å². The van der Waals surface area contributed by atoms with Gasteiger partial charge in [-0.25, -0.2) is 4.99 Å². The van der Waals surface area contributed by atoms with Crippen molar-refractivity contribution in [1.82, 2.24) is 5.32 Å². The van der Waals surface area contributed by atoms with Crippen LogP contribution in [0.2, 0.25) is 0 Å². The molecule has 4 nitrogen and oxygen atoms in total. The lowest BCUT2D eigenvalue weighted by atomic mass is 9.89. The monoisotopic (exact) mass is 237 g/mol. The molecule has 0 aliphatic heterocycles. The van der Waals surface area contributed by atoms with Gasteiger partial charge < -0.3 is 10.4 Å². The molecule has 0 heterocycles. The van der Waals surface area contributed by atoms with Gasteiger partial charge in [-0.15, -0.1) is 0 Å². The summed E-state index contributed by atoms with van der Waals surface area (Å²) in [5.74, 6) is 0.640. The van der Waals surface area contributed by atoms with Gasteiger partial charge in [0.25, 0.3) is 0 Å². The summed E-state index contributed by atoms with van der Waals surface area (Å²) in [5, 5.41) is 12.4. The topological polar surface area (TPSA) is 57.0 Å². The van der Waals surface area contributed by atoms with E-state index in [9.17, 15) is 5.11 Å². The molecule has 0 saturated heterocycles. The average Bonchev–Trinajstić information content (AvgIpc) is 2.19. The van der Waals surface area contributed by atoms with Crippen molar-refractivity contribution < 1.29 is 5.11 Å². The van der Waals surface area contributed by atoms with Gasteiger partial charge in [0.1, 0.15) is 5.84 Å². The van der Waals surface area contributed by atoms with Crippen LogP contribution in [-0.2, 0) is 0 Å². The highest BCUT2D eigenvalue weighted by Gasteiger charge is 2.27. The summed E-state index contributed by atoms with van der Waals surface area (Å²) in [6.07, 6.45) is 3.21. The summed E-state index contributed by atoms with van der Waals surface area (Å²) in [6.45, 7) is 9.93. The maximum atomic E-state index is 9.22. The Morgan fingerprint density at radius 3 is 2.35 bits per heavy atom. The number of hydrogen-bond donors (Lipinski definition) is 2. The summed E-state index contributed by atoms with van der Waals surface area (Å²) >= 11 is 0. The summed E-state index contributed by atoms with van der Waals surface area (Å²) in [7, 11) is 1.89. The molecule has 1 aliphatic rings. The van der Waals surface area contributed by atoms with Crippen LogP contribution in [0.5, 0.6) is 0 Å². The van der Waals surface area contributed by atoms with E-state index in [1.54, 1.807) is 0 Å². The second-order valence-electron chi connectivity index (χ2n) is 5.48.